The number of hydrogen-bond donors (Lipinski definition) is 1. The van der Waals surface area contributed by atoms with Crippen LogP contribution in [0.2, 0.25) is 0 Å². The van der Waals surface area contributed by atoms with Gasteiger partial charge in [0.1, 0.15) is 30.0 Å². The molecule has 254 valence electrons. The van der Waals surface area contributed by atoms with Gasteiger partial charge in [-0.25, -0.2) is 4.79 Å². The van der Waals surface area contributed by atoms with Crippen molar-refractivity contribution in [3.05, 3.63) is 24.2 Å². The molecule has 0 bridgehead atoms. The van der Waals surface area contributed by atoms with Gasteiger partial charge in [-0.05, 0) is 38.7 Å². The fourth-order valence-electron chi connectivity index (χ4n) is 10.1. The Morgan fingerprint density at radius 1 is 1.04 bits per heavy atom. The van der Waals surface area contributed by atoms with Crippen LogP contribution < -0.4 is 0 Å². The number of esters is 5. The second kappa shape index (κ2) is 11.1. The van der Waals surface area contributed by atoms with Crippen LogP contribution in [0.1, 0.15) is 86.3 Å². The van der Waals surface area contributed by atoms with Crippen molar-refractivity contribution >= 4 is 29.8 Å². The van der Waals surface area contributed by atoms with Crippen LogP contribution in [-0.4, -0.2) is 77.7 Å². The molecule has 46 heavy (non-hydrogen) atoms. The van der Waals surface area contributed by atoms with Gasteiger partial charge >= 0.3 is 29.8 Å². The van der Waals surface area contributed by atoms with Gasteiger partial charge in [-0.1, -0.05) is 20.8 Å². The first kappa shape index (κ1) is 33.9. The van der Waals surface area contributed by atoms with E-state index in [1.165, 1.54) is 54.3 Å². The smallest absolute Gasteiger partial charge is 0.339 e. The van der Waals surface area contributed by atoms with Crippen LogP contribution in [0.5, 0.6) is 0 Å². The van der Waals surface area contributed by atoms with Crippen molar-refractivity contribution in [1.29, 1.82) is 0 Å². The Balaban J connectivity index is 1.84. The van der Waals surface area contributed by atoms with Gasteiger partial charge in [-0.15, -0.1) is 0 Å². The van der Waals surface area contributed by atoms with Gasteiger partial charge in [0, 0.05) is 48.5 Å². The van der Waals surface area contributed by atoms with Crippen molar-refractivity contribution in [3.8, 4) is 0 Å². The highest BCUT2D eigenvalue weighted by Gasteiger charge is 2.90. The summed E-state index contributed by atoms with van der Waals surface area (Å²) < 4.78 is 41.0. The van der Waals surface area contributed by atoms with Gasteiger partial charge < -0.3 is 37.9 Å². The highest BCUT2D eigenvalue weighted by molar-refractivity contribution is 5.82. The van der Waals surface area contributed by atoms with Crippen molar-refractivity contribution in [2.24, 2.45) is 28.1 Å². The fraction of sp³-hybridized carbons (Fsp3) is 0.727. The number of methoxy groups -OCH3 is 1. The van der Waals surface area contributed by atoms with Crippen LogP contribution in [-0.2, 0) is 52.4 Å². The first-order valence-electron chi connectivity index (χ1n) is 15.5. The molecule has 2 aliphatic carbocycles. The van der Waals surface area contributed by atoms with E-state index >= 15 is 0 Å². The molecule has 4 aliphatic rings. The molecular weight excluding hydrogens is 604 g/mol. The number of carbonyl (C=O) groups excluding carboxylic acids is 5. The second-order valence-electron chi connectivity index (χ2n) is 14.4. The Hall–Kier alpha value is -3.45. The molecule has 0 aromatic carbocycles. The van der Waals surface area contributed by atoms with Gasteiger partial charge in [0.15, 0.2) is 6.10 Å². The molecule has 1 N–H and O–H groups in total. The van der Waals surface area contributed by atoms with E-state index in [2.05, 4.69) is 0 Å². The molecule has 13 heteroatoms. The van der Waals surface area contributed by atoms with Crippen LogP contribution in [0.3, 0.4) is 0 Å². The molecule has 3 heterocycles. The number of epoxide rings is 1. The molecule has 0 amide bonds. The molecule has 2 aliphatic heterocycles. The summed E-state index contributed by atoms with van der Waals surface area (Å²) in [7, 11) is 1.21. The van der Waals surface area contributed by atoms with Gasteiger partial charge in [0.05, 0.1) is 31.7 Å². The molecular formula is C33H44O13. The molecule has 13 nitrogen and oxygen atoms in total. The van der Waals surface area contributed by atoms with E-state index in [-0.39, 0.29) is 6.42 Å². The van der Waals surface area contributed by atoms with E-state index in [0.717, 1.165) is 0 Å². The zero-order chi connectivity index (χ0) is 34.2. The van der Waals surface area contributed by atoms with E-state index in [1.807, 2.05) is 13.8 Å². The Morgan fingerprint density at radius 3 is 2.22 bits per heavy atom. The highest BCUT2D eigenvalue weighted by atomic mass is 16.7. The third-order valence-electron chi connectivity index (χ3n) is 11.4. The van der Waals surface area contributed by atoms with Gasteiger partial charge in [0.2, 0.25) is 0 Å². The second-order valence-corrected chi connectivity index (χ2v) is 14.4. The van der Waals surface area contributed by atoms with Crippen LogP contribution in [0.25, 0.3) is 0 Å². The summed E-state index contributed by atoms with van der Waals surface area (Å²) in [6.07, 6.45) is -2.29. The van der Waals surface area contributed by atoms with Crippen LogP contribution in [0.4, 0.5) is 0 Å². The van der Waals surface area contributed by atoms with Gasteiger partial charge in [-0.2, -0.15) is 0 Å². The van der Waals surface area contributed by atoms with Gasteiger partial charge in [-0.3, -0.25) is 19.2 Å². The lowest BCUT2D eigenvalue weighted by atomic mass is 9.35. The fourth-order valence-corrected chi connectivity index (χ4v) is 10.1. The Morgan fingerprint density at radius 2 is 1.70 bits per heavy atom. The molecule has 1 spiro atoms. The average molecular weight is 649 g/mol. The summed E-state index contributed by atoms with van der Waals surface area (Å²) in [4.78, 5) is 64.9. The first-order chi connectivity index (χ1) is 21.3. The number of rotatable bonds is 8. The Labute approximate surface area is 267 Å². The number of cyclic esters (lactones) is 1. The number of aliphatic hydroxyl groups is 1. The summed E-state index contributed by atoms with van der Waals surface area (Å²) in [5, 5.41) is 11.9. The predicted molar refractivity (Wildman–Crippen MR) is 155 cm³/mol. The number of hydrogen-bond acceptors (Lipinski definition) is 13. The van der Waals surface area contributed by atoms with Crippen LogP contribution in [0, 0.1) is 28.1 Å². The molecule has 0 radical (unpaired) electrons. The summed E-state index contributed by atoms with van der Waals surface area (Å²) in [5.41, 5.74) is -6.01. The number of ether oxygens (including phenoxy) is 6. The zero-order valence-corrected chi connectivity index (χ0v) is 27.7. The summed E-state index contributed by atoms with van der Waals surface area (Å²) >= 11 is 0. The largest absolute Gasteiger partial charge is 0.472 e. The third-order valence-corrected chi connectivity index (χ3v) is 11.4. The lowest BCUT2D eigenvalue weighted by Crippen LogP contribution is -2.78. The SMILES string of the molecule is COC(=O)CC(OC(C)=O)C1(C)C(C(C)(C)O)C(OC(C)=O)C(OC(C)=O)C2(C)C1CCC1(C)C(c3ccoc3)OC(=O)C3OC312. The van der Waals surface area contributed by atoms with Crippen molar-refractivity contribution in [2.45, 2.75) is 116 Å². The lowest BCUT2D eigenvalue weighted by Gasteiger charge is -2.70. The highest BCUT2D eigenvalue weighted by Crippen LogP contribution is 2.79. The molecule has 2 saturated heterocycles. The standard InChI is InChI=1S/C33H44O13/c1-16(34)42-21(14-22(37)40-9)31(7)20-10-12-30(6)25(19-11-13-41-15-19)45-28(38)27-33(30,46-27)32(20,8)26(44-18(3)36)23(43-17(2)35)24(31)29(4,5)39/h11,13,15,20-21,23-27,39H,10,12,14H2,1-9H3. The van der Waals surface area contributed by atoms with Gasteiger partial charge in [0.25, 0.3) is 0 Å². The molecule has 4 fully saturated rings. The number of furan rings is 1. The summed E-state index contributed by atoms with van der Waals surface area (Å²) in [6, 6.07) is 1.71. The zero-order valence-electron chi connectivity index (χ0n) is 27.7. The van der Waals surface area contributed by atoms with E-state index in [0.29, 0.717) is 18.4 Å². The van der Waals surface area contributed by atoms with Crippen molar-refractivity contribution in [1.82, 2.24) is 0 Å². The average Bonchev–Trinajstić information content (AvgIpc) is 3.50. The van der Waals surface area contributed by atoms with E-state index < -0.39 is 99.6 Å². The maximum Gasteiger partial charge on any atom is 0.339 e. The number of fused-ring (bicyclic) bond motifs is 1. The molecule has 11 unspecified atom stereocenters. The van der Waals surface area contributed by atoms with Crippen LogP contribution >= 0.6 is 0 Å². The lowest BCUT2D eigenvalue weighted by molar-refractivity contribution is -0.314. The minimum absolute atomic E-state index is 0.364. The monoisotopic (exact) mass is 648 g/mol. The van der Waals surface area contributed by atoms with Crippen molar-refractivity contribution < 1.29 is 61.9 Å². The van der Waals surface area contributed by atoms with Crippen LogP contribution in [0.15, 0.2) is 23.0 Å². The minimum atomic E-state index is -1.66. The Bertz CT molecular complexity index is 1410. The third kappa shape index (κ3) is 4.67. The summed E-state index contributed by atoms with van der Waals surface area (Å²) in [6.45, 7) is 12.2. The van der Waals surface area contributed by atoms with E-state index in [9.17, 15) is 29.1 Å². The maximum atomic E-state index is 13.6. The molecule has 2 saturated carbocycles. The molecule has 5 rings (SSSR count). The van der Waals surface area contributed by atoms with E-state index in [1.54, 1.807) is 13.0 Å². The predicted octanol–water partition coefficient (Wildman–Crippen LogP) is 3.20. The Kier molecular flexibility index (Phi) is 8.16. The maximum absolute atomic E-state index is 13.6. The van der Waals surface area contributed by atoms with Crippen molar-refractivity contribution in [3.63, 3.8) is 0 Å². The minimum Gasteiger partial charge on any atom is -0.472 e. The quantitative estimate of drug-likeness (QED) is 0.247. The van der Waals surface area contributed by atoms with E-state index in [4.69, 9.17) is 32.8 Å². The molecule has 1 aromatic rings. The number of carbonyl (C=O) groups is 5. The normalized spacial score (nSPS) is 40.2. The summed E-state index contributed by atoms with van der Waals surface area (Å²) in [5.74, 6) is -5.10. The molecule has 1 aromatic heterocycles. The first-order valence-corrected chi connectivity index (χ1v) is 15.5. The van der Waals surface area contributed by atoms with Crippen molar-refractivity contribution in [2.75, 3.05) is 7.11 Å². The molecule has 11 atom stereocenters. The topological polar surface area (TPSA) is 177 Å².